The Morgan fingerprint density at radius 1 is 1.39 bits per heavy atom. The number of thiophene rings is 1. The van der Waals surface area contributed by atoms with Crippen molar-refractivity contribution in [1.29, 1.82) is 0 Å². The third-order valence-electron chi connectivity index (χ3n) is 2.86. The van der Waals surface area contributed by atoms with Gasteiger partial charge in [0.05, 0.1) is 13.1 Å². The summed E-state index contributed by atoms with van der Waals surface area (Å²) in [5.41, 5.74) is 0.750. The zero-order valence-electron chi connectivity index (χ0n) is 10.4. The smallest absolute Gasteiger partial charge is 0.256 e. The van der Waals surface area contributed by atoms with Crippen molar-refractivity contribution in [3.63, 3.8) is 0 Å². The Balaban J connectivity index is 2.98. The summed E-state index contributed by atoms with van der Waals surface area (Å²) < 4.78 is 1.87. The maximum Gasteiger partial charge on any atom is 0.256 e. The molecule has 0 fully saturated rings. The lowest BCUT2D eigenvalue weighted by Gasteiger charge is -2.30. The van der Waals surface area contributed by atoms with Crippen LogP contribution in [0.2, 0.25) is 0 Å². The van der Waals surface area contributed by atoms with Gasteiger partial charge in [-0.2, -0.15) is 0 Å². The summed E-state index contributed by atoms with van der Waals surface area (Å²) in [5, 5.41) is 0.804. The highest BCUT2D eigenvalue weighted by atomic mass is 79.9. The topological polar surface area (TPSA) is 20.3 Å². The minimum absolute atomic E-state index is 0.108. The van der Waals surface area contributed by atoms with Crippen molar-refractivity contribution < 1.29 is 4.79 Å². The first kappa shape index (κ1) is 16.7. The Kier molecular flexibility index (Phi) is 7.43. The van der Waals surface area contributed by atoms with E-state index in [1.165, 1.54) is 11.3 Å². The van der Waals surface area contributed by atoms with Gasteiger partial charge < -0.3 is 4.90 Å². The van der Waals surface area contributed by atoms with E-state index in [0.29, 0.717) is 6.04 Å². The fourth-order valence-electron chi connectivity index (χ4n) is 1.91. The Morgan fingerprint density at radius 3 is 2.39 bits per heavy atom. The summed E-state index contributed by atoms with van der Waals surface area (Å²) >= 11 is 11.8. The second-order valence-corrected chi connectivity index (χ2v) is 8.44. The highest BCUT2D eigenvalue weighted by Gasteiger charge is 2.24. The van der Waals surface area contributed by atoms with Crippen LogP contribution in [-0.4, -0.2) is 28.7 Å². The normalized spacial score (nSPS) is 11.0. The maximum absolute atomic E-state index is 12.6. The summed E-state index contributed by atoms with van der Waals surface area (Å²) in [7, 11) is 0. The number of hydrogen-bond acceptors (Lipinski definition) is 2. The van der Waals surface area contributed by atoms with Gasteiger partial charge in [-0.3, -0.25) is 4.79 Å². The number of halogens is 3. The zero-order valence-corrected chi connectivity index (χ0v) is 16.0. The quantitative estimate of drug-likeness (QED) is 0.526. The van der Waals surface area contributed by atoms with Gasteiger partial charge in [0, 0.05) is 17.9 Å². The lowest BCUT2D eigenvalue weighted by Crippen LogP contribution is -2.41. The summed E-state index contributed by atoms with van der Waals surface area (Å²) in [6, 6.07) is 2.20. The molecular weight excluding hydrogens is 446 g/mol. The standard InChI is InChI=1S/C12H16Br3NOS/c1-3-8(4-2)16(6-5-13)12(17)9-7-10(14)18-11(9)15/h7-8H,3-6H2,1-2H3. The van der Waals surface area contributed by atoms with Crippen LogP contribution in [0, 0.1) is 0 Å². The number of hydrogen-bond donors (Lipinski definition) is 0. The summed E-state index contributed by atoms with van der Waals surface area (Å²) in [5.74, 6) is 0.108. The lowest BCUT2D eigenvalue weighted by molar-refractivity contribution is 0.0682. The van der Waals surface area contributed by atoms with E-state index in [2.05, 4.69) is 61.6 Å². The van der Waals surface area contributed by atoms with Crippen molar-refractivity contribution in [2.45, 2.75) is 32.7 Å². The molecule has 0 saturated heterocycles. The molecular formula is C12H16Br3NOS. The monoisotopic (exact) mass is 459 g/mol. The Morgan fingerprint density at radius 2 is 2.00 bits per heavy atom. The average molecular weight is 462 g/mol. The number of rotatable bonds is 6. The number of carbonyl (C=O) groups excluding carboxylic acids is 1. The second kappa shape index (κ2) is 8.02. The fraction of sp³-hybridized carbons (Fsp3) is 0.583. The number of carbonyl (C=O) groups is 1. The van der Waals surface area contributed by atoms with E-state index in [0.717, 1.165) is 37.9 Å². The molecule has 0 aliphatic heterocycles. The number of alkyl halides is 1. The van der Waals surface area contributed by atoms with Crippen molar-refractivity contribution in [3.05, 3.63) is 19.2 Å². The van der Waals surface area contributed by atoms with Gasteiger partial charge in [-0.05, 0) is 50.8 Å². The highest BCUT2D eigenvalue weighted by molar-refractivity contribution is 9.12. The van der Waals surface area contributed by atoms with Crippen molar-refractivity contribution in [3.8, 4) is 0 Å². The molecule has 1 amide bonds. The molecule has 0 saturated carbocycles. The molecule has 0 spiro atoms. The third kappa shape index (κ3) is 4.05. The number of nitrogens with zero attached hydrogens (tertiary/aromatic N) is 1. The van der Waals surface area contributed by atoms with E-state index in [1.54, 1.807) is 0 Å². The molecule has 6 heteroatoms. The zero-order chi connectivity index (χ0) is 13.7. The first-order valence-electron chi connectivity index (χ1n) is 5.86. The molecule has 0 aromatic carbocycles. The summed E-state index contributed by atoms with van der Waals surface area (Å²) in [4.78, 5) is 14.6. The first-order valence-corrected chi connectivity index (χ1v) is 9.39. The minimum Gasteiger partial charge on any atom is -0.335 e. The Bertz CT molecular complexity index is 404. The van der Waals surface area contributed by atoms with E-state index in [-0.39, 0.29) is 5.91 Å². The van der Waals surface area contributed by atoms with Crippen molar-refractivity contribution in [2.24, 2.45) is 0 Å². The molecule has 18 heavy (non-hydrogen) atoms. The van der Waals surface area contributed by atoms with Gasteiger partial charge in [0.15, 0.2) is 0 Å². The van der Waals surface area contributed by atoms with Crippen LogP contribution in [0.25, 0.3) is 0 Å². The van der Waals surface area contributed by atoms with Gasteiger partial charge in [0.25, 0.3) is 5.91 Å². The van der Waals surface area contributed by atoms with E-state index in [4.69, 9.17) is 0 Å². The minimum atomic E-state index is 0.108. The molecule has 0 aliphatic rings. The first-order chi connectivity index (χ1) is 8.54. The summed E-state index contributed by atoms with van der Waals surface area (Å²) in [6.45, 7) is 4.99. The molecule has 1 heterocycles. The van der Waals surface area contributed by atoms with E-state index in [1.807, 2.05) is 11.0 Å². The predicted molar refractivity (Wildman–Crippen MR) is 88.9 cm³/mol. The highest BCUT2D eigenvalue weighted by Crippen LogP contribution is 2.33. The van der Waals surface area contributed by atoms with Crippen LogP contribution in [-0.2, 0) is 0 Å². The Hall–Kier alpha value is 0.610. The average Bonchev–Trinajstić information content (AvgIpc) is 2.68. The molecule has 102 valence electrons. The molecule has 0 aliphatic carbocycles. The molecule has 1 rings (SSSR count). The molecule has 0 radical (unpaired) electrons. The van der Waals surface area contributed by atoms with Crippen LogP contribution in [0.4, 0.5) is 0 Å². The van der Waals surface area contributed by atoms with Crippen molar-refractivity contribution in [2.75, 3.05) is 11.9 Å². The molecule has 0 unspecified atom stereocenters. The van der Waals surface area contributed by atoms with Crippen LogP contribution < -0.4 is 0 Å². The number of amides is 1. The molecule has 1 aromatic heterocycles. The van der Waals surface area contributed by atoms with E-state index in [9.17, 15) is 4.79 Å². The van der Waals surface area contributed by atoms with Gasteiger partial charge in [0.1, 0.15) is 0 Å². The Labute approximate surface area is 138 Å². The second-order valence-electron chi connectivity index (χ2n) is 3.90. The van der Waals surface area contributed by atoms with Gasteiger partial charge in [-0.25, -0.2) is 0 Å². The molecule has 0 bridgehead atoms. The van der Waals surface area contributed by atoms with E-state index < -0.39 is 0 Å². The van der Waals surface area contributed by atoms with Crippen molar-refractivity contribution >= 4 is 65.0 Å². The van der Waals surface area contributed by atoms with Crippen LogP contribution in [0.5, 0.6) is 0 Å². The van der Waals surface area contributed by atoms with Crippen molar-refractivity contribution in [1.82, 2.24) is 4.90 Å². The molecule has 2 nitrogen and oxygen atoms in total. The largest absolute Gasteiger partial charge is 0.335 e. The van der Waals surface area contributed by atoms with Crippen LogP contribution in [0.15, 0.2) is 13.6 Å². The maximum atomic E-state index is 12.6. The van der Waals surface area contributed by atoms with Crippen LogP contribution in [0.3, 0.4) is 0 Å². The fourth-order valence-corrected chi connectivity index (χ4v) is 5.07. The van der Waals surface area contributed by atoms with Crippen LogP contribution in [0.1, 0.15) is 37.0 Å². The lowest BCUT2D eigenvalue weighted by atomic mass is 10.1. The summed E-state index contributed by atoms with van der Waals surface area (Å²) in [6.07, 6.45) is 1.97. The van der Waals surface area contributed by atoms with Gasteiger partial charge in [-0.15, -0.1) is 11.3 Å². The SMILES string of the molecule is CCC(CC)N(CCBr)C(=O)c1cc(Br)sc1Br. The van der Waals surface area contributed by atoms with Gasteiger partial charge >= 0.3 is 0 Å². The van der Waals surface area contributed by atoms with Gasteiger partial charge in [-0.1, -0.05) is 29.8 Å². The molecule has 1 aromatic rings. The predicted octanol–water partition coefficient (Wildman–Crippen LogP) is 5.30. The van der Waals surface area contributed by atoms with Gasteiger partial charge in [0.2, 0.25) is 0 Å². The molecule has 0 atom stereocenters. The van der Waals surface area contributed by atoms with Crippen LogP contribution >= 0.6 is 59.1 Å². The third-order valence-corrected chi connectivity index (χ3v) is 5.55. The van der Waals surface area contributed by atoms with E-state index >= 15 is 0 Å². The molecule has 0 N–H and O–H groups in total.